The Balaban J connectivity index is 1.39. The molecule has 0 aliphatic carbocycles. The number of nitrogens with zero attached hydrogens (tertiary/aromatic N) is 3. The summed E-state index contributed by atoms with van der Waals surface area (Å²) in [6, 6.07) is 10.4. The molecule has 4 rings (SSSR count). The molecule has 2 aromatic rings. The minimum absolute atomic E-state index is 0.134. The van der Waals surface area contributed by atoms with Crippen LogP contribution in [0.2, 0.25) is 0 Å². The van der Waals surface area contributed by atoms with Gasteiger partial charge in [-0.1, -0.05) is 39.3 Å². The topological polar surface area (TPSA) is 109 Å². The van der Waals surface area contributed by atoms with E-state index in [-0.39, 0.29) is 17.7 Å². The van der Waals surface area contributed by atoms with Gasteiger partial charge in [0, 0.05) is 39.2 Å². The lowest BCUT2D eigenvalue weighted by Gasteiger charge is -2.52. The van der Waals surface area contributed by atoms with Crippen LogP contribution in [0.3, 0.4) is 0 Å². The number of likely N-dealkylation sites (tertiary alicyclic amines) is 1. The average molecular weight is 525 g/mol. The number of pyridine rings is 1. The molecule has 206 valence electrons. The molecule has 38 heavy (non-hydrogen) atoms. The molecule has 9 heteroatoms. The molecule has 9 nitrogen and oxygen atoms in total. The molecule has 1 spiro atoms. The molecule has 1 aromatic heterocycles. The largest absolute Gasteiger partial charge is 0.618 e. The molecular formula is C29H40N4O5. The number of carbonyl (C=O) groups is 2. The van der Waals surface area contributed by atoms with Crippen LogP contribution in [0, 0.1) is 18.0 Å². The van der Waals surface area contributed by atoms with E-state index >= 15 is 0 Å². The molecule has 3 heterocycles. The molecular weight excluding hydrogens is 484 g/mol. The van der Waals surface area contributed by atoms with Crippen LogP contribution in [0.15, 0.2) is 42.6 Å². The Bertz CT molecular complexity index is 1130. The van der Waals surface area contributed by atoms with Gasteiger partial charge in [0.1, 0.15) is 17.3 Å². The third-order valence-electron chi connectivity index (χ3n) is 7.85. The second-order valence-corrected chi connectivity index (χ2v) is 10.9. The summed E-state index contributed by atoms with van der Waals surface area (Å²) in [6.45, 7) is 10.1. The van der Waals surface area contributed by atoms with E-state index in [0.29, 0.717) is 49.7 Å². The number of aryl methyl sites for hydroxylation is 1. The number of aliphatic hydroxyl groups is 1. The minimum Gasteiger partial charge on any atom is -0.618 e. The van der Waals surface area contributed by atoms with Crippen LogP contribution < -0.4 is 14.8 Å². The van der Waals surface area contributed by atoms with E-state index in [1.807, 2.05) is 38.1 Å². The predicted octanol–water partition coefficient (Wildman–Crippen LogP) is 2.90. The third kappa shape index (κ3) is 5.78. The maximum absolute atomic E-state index is 13.5. The molecule has 2 aliphatic heterocycles. The first-order valence-electron chi connectivity index (χ1n) is 13.6. The molecule has 2 amide bonds. The van der Waals surface area contributed by atoms with Gasteiger partial charge in [-0.25, -0.2) is 0 Å². The standard InChI is InChI=1S/C29H40N4O5/c1-5-6-15-32-27(35)25(26(34)20(2)3)30-28(36)29(32)13-16-31(17-14-29)18-22-8-11-23(12-9-22)38-24-10-7-21(4)33(37)19-24/h7-12,19-20,25-26,34H,5-6,13-18H2,1-4H3,(H,30,36)/t25-,26-/m1/s1. The molecule has 2 saturated heterocycles. The number of nitrogens with one attached hydrogen (secondary N) is 1. The average Bonchev–Trinajstić information content (AvgIpc) is 2.90. The van der Waals surface area contributed by atoms with Gasteiger partial charge < -0.3 is 25.3 Å². The van der Waals surface area contributed by atoms with Gasteiger partial charge in [0.15, 0.2) is 11.4 Å². The van der Waals surface area contributed by atoms with Crippen molar-refractivity contribution in [2.24, 2.45) is 5.92 Å². The van der Waals surface area contributed by atoms with E-state index in [1.165, 1.54) is 6.20 Å². The minimum atomic E-state index is -0.910. The Hall–Kier alpha value is -3.17. The number of piperidine rings is 1. The molecule has 0 bridgehead atoms. The normalized spacial score (nSPS) is 20.6. The summed E-state index contributed by atoms with van der Waals surface area (Å²) in [6.07, 6.45) is 3.36. The summed E-state index contributed by atoms with van der Waals surface area (Å²) in [7, 11) is 0. The number of hydrogen-bond donors (Lipinski definition) is 2. The summed E-state index contributed by atoms with van der Waals surface area (Å²) in [5, 5.41) is 25.3. The lowest BCUT2D eigenvalue weighted by molar-refractivity contribution is -0.612. The van der Waals surface area contributed by atoms with Crippen molar-refractivity contribution in [2.75, 3.05) is 19.6 Å². The highest BCUT2D eigenvalue weighted by Crippen LogP contribution is 2.35. The van der Waals surface area contributed by atoms with Crippen LogP contribution in [0.25, 0.3) is 0 Å². The highest BCUT2D eigenvalue weighted by Gasteiger charge is 2.54. The van der Waals surface area contributed by atoms with Crippen molar-refractivity contribution in [3.05, 3.63) is 59.1 Å². The maximum atomic E-state index is 13.5. The molecule has 2 N–H and O–H groups in total. The van der Waals surface area contributed by atoms with Crippen molar-refractivity contribution in [3.8, 4) is 11.5 Å². The van der Waals surface area contributed by atoms with Gasteiger partial charge in [0.05, 0.1) is 6.10 Å². The Kier molecular flexibility index (Phi) is 8.57. The number of carbonyl (C=O) groups excluding carboxylic acids is 2. The Morgan fingerprint density at radius 3 is 2.39 bits per heavy atom. The lowest BCUT2D eigenvalue weighted by Crippen LogP contribution is -2.74. The lowest BCUT2D eigenvalue weighted by atomic mass is 9.80. The van der Waals surface area contributed by atoms with E-state index < -0.39 is 17.7 Å². The SMILES string of the molecule is CCCCN1C(=O)[C@@H]([C@H](O)C(C)C)NC(=O)C12CCN(Cc1ccc(Oc3ccc(C)[n+]([O-])c3)cc1)CC2. The summed E-state index contributed by atoms with van der Waals surface area (Å²) in [5.41, 5.74) is 0.857. The van der Waals surface area contributed by atoms with Crippen LogP contribution in [-0.2, 0) is 16.1 Å². The monoisotopic (exact) mass is 524 g/mol. The Morgan fingerprint density at radius 2 is 1.79 bits per heavy atom. The van der Waals surface area contributed by atoms with Crippen molar-refractivity contribution in [2.45, 2.75) is 77.6 Å². The summed E-state index contributed by atoms with van der Waals surface area (Å²) >= 11 is 0. The van der Waals surface area contributed by atoms with Gasteiger partial charge in [-0.05, 0) is 48.9 Å². The number of piperazine rings is 1. The second-order valence-electron chi connectivity index (χ2n) is 10.9. The van der Waals surface area contributed by atoms with Crippen LogP contribution in [-0.4, -0.2) is 64.0 Å². The van der Waals surface area contributed by atoms with Gasteiger partial charge in [0.25, 0.3) is 0 Å². The van der Waals surface area contributed by atoms with E-state index in [0.717, 1.165) is 29.7 Å². The molecule has 2 fully saturated rings. The van der Waals surface area contributed by atoms with Gasteiger partial charge >= 0.3 is 0 Å². The number of ether oxygens (including phenoxy) is 1. The summed E-state index contributed by atoms with van der Waals surface area (Å²) < 4.78 is 6.59. The highest BCUT2D eigenvalue weighted by molar-refractivity contribution is 6.00. The number of amides is 2. The molecule has 0 unspecified atom stereocenters. The van der Waals surface area contributed by atoms with Crippen molar-refractivity contribution < 1.29 is 24.2 Å². The fraction of sp³-hybridized carbons (Fsp3) is 0.552. The third-order valence-corrected chi connectivity index (χ3v) is 7.85. The zero-order valence-electron chi connectivity index (χ0n) is 22.9. The molecule has 0 radical (unpaired) electrons. The van der Waals surface area contributed by atoms with Crippen LogP contribution >= 0.6 is 0 Å². The summed E-state index contributed by atoms with van der Waals surface area (Å²) in [4.78, 5) is 31.0. The van der Waals surface area contributed by atoms with Gasteiger partial charge in [-0.2, -0.15) is 4.73 Å². The van der Waals surface area contributed by atoms with Gasteiger partial charge in [0.2, 0.25) is 18.0 Å². The zero-order valence-corrected chi connectivity index (χ0v) is 22.9. The summed E-state index contributed by atoms with van der Waals surface area (Å²) in [5.74, 6) is 0.687. The van der Waals surface area contributed by atoms with Crippen molar-refractivity contribution in [1.29, 1.82) is 0 Å². The van der Waals surface area contributed by atoms with E-state index in [1.54, 1.807) is 24.0 Å². The van der Waals surface area contributed by atoms with Crippen molar-refractivity contribution >= 4 is 11.8 Å². The first kappa shape index (κ1) is 27.9. The molecule has 0 saturated carbocycles. The van der Waals surface area contributed by atoms with Crippen molar-refractivity contribution in [3.63, 3.8) is 0 Å². The fourth-order valence-corrected chi connectivity index (χ4v) is 5.33. The maximum Gasteiger partial charge on any atom is 0.248 e. The number of aliphatic hydroxyl groups excluding tert-OH is 1. The Morgan fingerprint density at radius 1 is 1.13 bits per heavy atom. The first-order chi connectivity index (χ1) is 18.1. The number of aromatic nitrogens is 1. The number of rotatable bonds is 9. The molecule has 2 aliphatic rings. The second kappa shape index (κ2) is 11.7. The quantitative estimate of drug-likeness (QED) is 0.386. The Labute approximate surface area is 225 Å². The van der Waals surface area contributed by atoms with Crippen molar-refractivity contribution in [1.82, 2.24) is 15.1 Å². The fourth-order valence-electron chi connectivity index (χ4n) is 5.33. The van der Waals surface area contributed by atoms with Crippen LogP contribution in [0.5, 0.6) is 11.5 Å². The highest BCUT2D eigenvalue weighted by atomic mass is 16.5. The number of unbranched alkanes of at least 4 members (excludes halogenated alkanes) is 1. The zero-order chi connectivity index (χ0) is 27.4. The number of benzene rings is 1. The number of hydrogen-bond acceptors (Lipinski definition) is 6. The predicted molar refractivity (Wildman–Crippen MR) is 143 cm³/mol. The van der Waals surface area contributed by atoms with Gasteiger partial charge in [-0.3, -0.25) is 14.5 Å². The smallest absolute Gasteiger partial charge is 0.248 e. The molecule has 2 atom stereocenters. The van der Waals surface area contributed by atoms with Gasteiger partial charge in [-0.15, -0.1) is 0 Å². The molecule has 1 aromatic carbocycles. The van der Waals surface area contributed by atoms with Crippen LogP contribution in [0.1, 0.15) is 57.7 Å². The van der Waals surface area contributed by atoms with E-state index in [2.05, 4.69) is 17.1 Å². The van der Waals surface area contributed by atoms with Crippen LogP contribution in [0.4, 0.5) is 0 Å². The first-order valence-corrected chi connectivity index (χ1v) is 13.6. The van der Waals surface area contributed by atoms with E-state index in [9.17, 15) is 19.9 Å². The van der Waals surface area contributed by atoms with E-state index in [4.69, 9.17) is 4.74 Å².